The van der Waals surface area contributed by atoms with Crippen LogP contribution < -0.4 is 5.32 Å². The van der Waals surface area contributed by atoms with Crippen molar-refractivity contribution in [2.24, 2.45) is 5.92 Å². The summed E-state index contributed by atoms with van der Waals surface area (Å²) in [6, 6.07) is 0.629. The highest BCUT2D eigenvalue weighted by molar-refractivity contribution is 5.33. The summed E-state index contributed by atoms with van der Waals surface area (Å²) in [5.74, 6) is 1.85. The van der Waals surface area contributed by atoms with Crippen LogP contribution >= 0.6 is 0 Å². The Morgan fingerprint density at radius 2 is 2.46 bits per heavy atom. The summed E-state index contributed by atoms with van der Waals surface area (Å²) in [4.78, 5) is 0. The molecular weight excluding hydrogens is 164 g/mol. The zero-order chi connectivity index (χ0) is 9.26. The Bertz CT molecular complexity index is 281. The second kappa shape index (κ2) is 3.36. The lowest BCUT2D eigenvalue weighted by Gasteiger charge is -2.34. The van der Waals surface area contributed by atoms with Crippen LogP contribution in [0.15, 0.2) is 6.20 Å². The molecule has 1 aliphatic rings. The average Bonchev–Trinajstić information content (AvgIpc) is 2.58. The van der Waals surface area contributed by atoms with Gasteiger partial charge in [0, 0.05) is 12.6 Å². The van der Waals surface area contributed by atoms with Gasteiger partial charge < -0.3 is 5.32 Å². The predicted octanol–water partition coefficient (Wildman–Crippen LogP) is 1.51. The van der Waals surface area contributed by atoms with Gasteiger partial charge in [-0.25, -0.2) is 4.68 Å². The second-order valence-electron chi connectivity index (χ2n) is 3.74. The molecule has 0 aromatic carbocycles. The Morgan fingerprint density at radius 3 is 3.00 bits per heavy atom. The van der Waals surface area contributed by atoms with Gasteiger partial charge in [-0.2, -0.15) is 0 Å². The van der Waals surface area contributed by atoms with Gasteiger partial charge in [-0.3, -0.25) is 0 Å². The number of aromatic nitrogens is 3. The summed E-state index contributed by atoms with van der Waals surface area (Å²) >= 11 is 0. The van der Waals surface area contributed by atoms with Crippen molar-refractivity contribution in [1.82, 2.24) is 15.0 Å². The number of hydrogen-bond donors (Lipinski definition) is 1. The van der Waals surface area contributed by atoms with Crippen molar-refractivity contribution in [3.63, 3.8) is 0 Å². The van der Waals surface area contributed by atoms with Gasteiger partial charge >= 0.3 is 0 Å². The molecule has 1 saturated carbocycles. The second-order valence-corrected chi connectivity index (χ2v) is 3.74. The summed E-state index contributed by atoms with van der Waals surface area (Å²) in [6.07, 6.45) is 4.41. The van der Waals surface area contributed by atoms with Crippen LogP contribution in [0.25, 0.3) is 0 Å². The van der Waals surface area contributed by atoms with E-state index in [2.05, 4.69) is 29.5 Å². The molecule has 0 aliphatic heterocycles. The summed E-state index contributed by atoms with van der Waals surface area (Å²) in [5.41, 5.74) is 0. The highest BCUT2D eigenvalue weighted by Gasteiger charge is 2.27. The first-order valence-electron chi connectivity index (χ1n) is 4.96. The van der Waals surface area contributed by atoms with E-state index in [-0.39, 0.29) is 0 Å². The van der Waals surface area contributed by atoms with Crippen LogP contribution in [0.3, 0.4) is 0 Å². The number of hydrogen-bond acceptors (Lipinski definition) is 3. The summed E-state index contributed by atoms with van der Waals surface area (Å²) < 4.78 is 1.89. The quantitative estimate of drug-likeness (QED) is 0.766. The molecule has 0 saturated heterocycles. The normalized spacial score (nSPS) is 26.9. The number of nitrogens with one attached hydrogen (secondary N) is 1. The molecule has 1 aliphatic carbocycles. The van der Waals surface area contributed by atoms with Crippen molar-refractivity contribution in [1.29, 1.82) is 0 Å². The molecule has 13 heavy (non-hydrogen) atoms. The maximum absolute atomic E-state index is 3.98. The van der Waals surface area contributed by atoms with Crippen molar-refractivity contribution in [3.05, 3.63) is 6.20 Å². The number of rotatable bonds is 3. The molecule has 1 heterocycles. The Balaban J connectivity index is 2.00. The van der Waals surface area contributed by atoms with Gasteiger partial charge in [0.15, 0.2) is 0 Å². The Hall–Kier alpha value is -1.06. The molecule has 1 fully saturated rings. The van der Waals surface area contributed by atoms with Crippen LogP contribution in [0.2, 0.25) is 0 Å². The van der Waals surface area contributed by atoms with Crippen LogP contribution in [0.4, 0.5) is 5.82 Å². The molecule has 0 radical (unpaired) electrons. The molecule has 4 heteroatoms. The fourth-order valence-electron chi connectivity index (χ4n) is 1.67. The van der Waals surface area contributed by atoms with E-state index in [0.29, 0.717) is 6.04 Å². The largest absolute Gasteiger partial charge is 0.366 e. The lowest BCUT2D eigenvalue weighted by molar-refractivity contribution is 0.302. The fourth-order valence-corrected chi connectivity index (χ4v) is 1.67. The summed E-state index contributed by atoms with van der Waals surface area (Å²) in [5, 5.41) is 11.3. The van der Waals surface area contributed by atoms with Crippen molar-refractivity contribution >= 4 is 5.82 Å². The van der Waals surface area contributed by atoms with E-state index in [1.165, 1.54) is 12.8 Å². The minimum atomic E-state index is 0.629. The van der Waals surface area contributed by atoms with E-state index in [0.717, 1.165) is 18.3 Å². The van der Waals surface area contributed by atoms with Crippen molar-refractivity contribution in [3.8, 4) is 0 Å². The Labute approximate surface area is 78.3 Å². The highest BCUT2D eigenvalue weighted by Crippen LogP contribution is 2.29. The maximum Gasteiger partial charge on any atom is 0.145 e. The van der Waals surface area contributed by atoms with E-state index in [1.807, 2.05) is 4.68 Å². The van der Waals surface area contributed by atoms with Gasteiger partial charge in [-0.15, -0.1) is 5.10 Å². The van der Waals surface area contributed by atoms with Crippen LogP contribution in [-0.4, -0.2) is 21.0 Å². The zero-order valence-corrected chi connectivity index (χ0v) is 8.20. The summed E-state index contributed by atoms with van der Waals surface area (Å²) in [7, 11) is 0. The molecule has 1 aromatic heterocycles. The molecule has 4 nitrogen and oxygen atoms in total. The van der Waals surface area contributed by atoms with Crippen LogP contribution in [0.1, 0.15) is 26.7 Å². The molecular formula is C9H16N4. The molecule has 2 atom stereocenters. The van der Waals surface area contributed by atoms with E-state index in [9.17, 15) is 0 Å². The Kier molecular flexibility index (Phi) is 2.20. The number of anilines is 1. The predicted molar refractivity (Wildman–Crippen MR) is 51.5 cm³/mol. The third kappa shape index (κ3) is 1.53. The van der Waals surface area contributed by atoms with Gasteiger partial charge in [0.05, 0.1) is 6.20 Å². The third-order valence-electron chi connectivity index (χ3n) is 2.87. The number of nitrogens with zero attached hydrogens (tertiary/aromatic N) is 3. The maximum atomic E-state index is 3.98. The molecule has 0 spiro atoms. The molecule has 1 aromatic rings. The van der Waals surface area contributed by atoms with Crippen LogP contribution in [-0.2, 0) is 6.54 Å². The van der Waals surface area contributed by atoms with Gasteiger partial charge in [-0.05, 0) is 25.7 Å². The first kappa shape index (κ1) is 8.53. The van der Waals surface area contributed by atoms with Crippen molar-refractivity contribution in [2.75, 3.05) is 5.32 Å². The van der Waals surface area contributed by atoms with Crippen molar-refractivity contribution < 1.29 is 0 Å². The van der Waals surface area contributed by atoms with Gasteiger partial charge in [0.25, 0.3) is 0 Å². The lowest BCUT2D eigenvalue weighted by Crippen LogP contribution is -2.36. The van der Waals surface area contributed by atoms with Gasteiger partial charge in [-0.1, -0.05) is 12.1 Å². The third-order valence-corrected chi connectivity index (χ3v) is 2.87. The average molecular weight is 180 g/mol. The first-order valence-corrected chi connectivity index (χ1v) is 4.96. The van der Waals surface area contributed by atoms with Gasteiger partial charge in [0.1, 0.15) is 5.82 Å². The first-order chi connectivity index (χ1) is 6.31. The topological polar surface area (TPSA) is 42.7 Å². The van der Waals surface area contributed by atoms with Gasteiger partial charge in [0.2, 0.25) is 0 Å². The number of aryl methyl sites for hydroxylation is 1. The standard InChI is InChI=1S/C9H16N4/c1-3-13-9(6-10-12-13)11-8-5-4-7(8)2/h6-8,11H,3-5H2,1-2H3. The van der Waals surface area contributed by atoms with E-state index in [4.69, 9.17) is 0 Å². The molecule has 0 bridgehead atoms. The molecule has 0 amide bonds. The van der Waals surface area contributed by atoms with E-state index < -0.39 is 0 Å². The minimum absolute atomic E-state index is 0.629. The minimum Gasteiger partial charge on any atom is -0.366 e. The smallest absolute Gasteiger partial charge is 0.145 e. The van der Waals surface area contributed by atoms with Crippen LogP contribution in [0.5, 0.6) is 0 Å². The SMILES string of the molecule is CCn1nncc1NC1CCC1C. The van der Waals surface area contributed by atoms with Crippen molar-refractivity contribution in [2.45, 2.75) is 39.3 Å². The molecule has 2 rings (SSSR count). The van der Waals surface area contributed by atoms with E-state index in [1.54, 1.807) is 6.20 Å². The molecule has 72 valence electrons. The monoisotopic (exact) mass is 180 g/mol. The highest BCUT2D eigenvalue weighted by atomic mass is 15.5. The lowest BCUT2D eigenvalue weighted by atomic mass is 9.81. The zero-order valence-electron chi connectivity index (χ0n) is 8.20. The van der Waals surface area contributed by atoms with E-state index >= 15 is 0 Å². The Morgan fingerprint density at radius 1 is 1.62 bits per heavy atom. The fraction of sp³-hybridized carbons (Fsp3) is 0.778. The van der Waals surface area contributed by atoms with Crippen LogP contribution in [0, 0.1) is 5.92 Å². The summed E-state index contributed by atoms with van der Waals surface area (Å²) in [6.45, 7) is 5.23. The molecule has 2 unspecified atom stereocenters. The molecule has 1 N–H and O–H groups in total.